The fourth-order valence-corrected chi connectivity index (χ4v) is 4.17. The Labute approximate surface area is 210 Å². The molecule has 36 heavy (non-hydrogen) atoms. The number of piperidine rings is 1. The van der Waals surface area contributed by atoms with Gasteiger partial charge in [0, 0.05) is 30.8 Å². The highest BCUT2D eigenvalue weighted by Crippen LogP contribution is 2.30. The number of amides is 2. The predicted molar refractivity (Wildman–Crippen MR) is 137 cm³/mol. The minimum atomic E-state index is -0.0968. The zero-order valence-electron chi connectivity index (χ0n) is 20.8. The largest absolute Gasteiger partial charge is 0.493 e. The van der Waals surface area contributed by atoms with Crippen molar-refractivity contribution in [2.75, 3.05) is 25.5 Å². The van der Waals surface area contributed by atoms with Crippen LogP contribution in [0.5, 0.6) is 11.5 Å². The fraction of sp³-hybridized carbons (Fsp3) is 0.321. The summed E-state index contributed by atoms with van der Waals surface area (Å²) >= 11 is 0. The van der Waals surface area contributed by atoms with Gasteiger partial charge in [-0.05, 0) is 62.6 Å². The molecule has 0 saturated carbocycles. The molecule has 2 amide bonds. The van der Waals surface area contributed by atoms with E-state index in [0.717, 1.165) is 28.3 Å². The first-order chi connectivity index (χ1) is 17.4. The lowest BCUT2D eigenvalue weighted by atomic mass is 9.95. The van der Waals surface area contributed by atoms with E-state index in [1.54, 1.807) is 24.2 Å². The SMILES string of the molecule is COc1cc(/C=C/C(=O)N2CCC(C(=O)Nc3ccccc3)CC2)ccc1OCc1c(C)noc1C. The Kier molecular flexibility index (Phi) is 8.05. The van der Waals surface area contributed by atoms with Gasteiger partial charge in [0.2, 0.25) is 11.8 Å². The van der Waals surface area contributed by atoms with Gasteiger partial charge in [0.25, 0.3) is 0 Å². The average Bonchev–Trinajstić information content (AvgIpc) is 3.23. The van der Waals surface area contributed by atoms with Crippen LogP contribution in [0.4, 0.5) is 5.69 Å². The summed E-state index contributed by atoms with van der Waals surface area (Å²) in [6.07, 6.45) is 4.60. The number of ether oxygens (including phenoxy) is 2. The summed E-state index contributed by atoms with van der Waals surface area (Å²) in [5.74, 6) is 1.73. The van der Waals surface area contributed by atoms with Gasteiger partial charge in [0.1, 0.15) is 12.4 Å². The monoisotopic (exact) mass is 489 g/mol. The van der Waals surface area contributed by atoms with Gasteiger partial charge in [-0.15, -0.1) is 0 Å². The van der Waals surface area contributed by atoms with Crippen LogP contribution >= 0.6 is 0 Å². The van der Waals surface area contributed by atoms with E-state index in [0.29, 0.717) is 44.0 Å². The van der Waals surface area contributed by atoms with Crippen molar-refractivity contribution in [2.24, 2.45) is 5.92 Å². The summed E-state index contributed by atoms with van der Waals surface area (Å²) in [6, 6.07) is 14.9. The van der Waals surface area contributed by atoms with E-state index in [9.17, 15) is 9.59 Å². The maximum atomic E-state index is 12.7. The molecule has 2 heterocycles. The van der Waals surface area contributed by atoms with Crippen LogP contribution in [0, 0.1) is 19.8 Å². The molecule has 8 nitrogen and oxygen atoms in total. The van der Waals surface area contributed by atoms with E-state index in [4.69, 9.17) is 14.0 Å². The first kappa shape index (κ1) is 25.0. The number of para-hydroxylation sites is 1. The maximum absolute atomic E-state index is 12.7. The molecule has 8 heteroatoms. The highest BCUT2D eigenvalue weighted by Gasteiger charge is 2.26. The molecule has 1 aliphatic heterocycles. The number of hydrogen-bond donors (Lipinski definition) is 1. The summed E-state index contributed by atoms with van der Waals surface area (Å²) in [5.41, 5.74) is 3.32. The topological polar surface area (TPSA) is 93.9 Å². The van der Waals surface area contributed by atoms with Gasteiger partial charge in [-0.2, -0.15) is 0 Å². The first-order valence-corrected chi connectivity index (χ1v) is 12.0. The second-order valence-corrected chi connectivity index (χ2v) is 8.79. The minimum absolute atomic E-state index is 0.00704. The normalized spacial score (nSPS) is 14.1. The summed E-state index contributed by atoms with van der Waals surface area (Å²) < 4.78 is 16.6. The van der Waals surface area contributed by atoms with Crippen molar-refractivity contribution < 1.29 is 23.6 Å². The summed E-state index contributed by atoms with van der Waals surface area (Å²) in [6.45, 7) is 5.15. The Morgan fingerprint density at radius 1 is 1.11 bits per heavy atom. The molecule has 0 atom stereocenters. The summed E-state index contributed by atoms with van der Waals surface area (Å²) in [5, 5.41) is 6.90. The molecule has 1 aromatic heterocycles. The third-order valence-electron chi connectivity index (χ3n) is 6.38. The predicted octanol–water partition coefficient (Wildman–Crippen LogP) is 4.77. The third kappa shape index (κ3) is 6.13. The van der Waals surface area contributed by atoms with Crippen LogP contribution < -0.4 is 14.8 Å². The van der Waals surface area contributed by atoms with Gasteiger partial charge < -0.3 is 24.2 Å². The van der Waals surface area contributed by atoms with Gasteiger partial charge in [0.15, 0.2) is 11.5 Å². The van der Waals surface area contributed by atoms with Gasteiger partial charge in [-0.25, -0.2) is 0 Å². The van der Waals surface area contributed by atoms with E-state index < -0.39 is 0 Å². The smallest absolute Gasteiger partial charge is 0.246 e. The van der Waals surface area contributed by atoms with Crippen LogP contribution in [0.15, 0.2) is 59.1 Å². The molecule has 0 unspecified atom stereocenters. The van der Waals surface area contributed by atoms with Crippen LogP contribution in [-0.4, -0.2) is 42.1 Å². The number of benzene rings is 2. The summed E-state index contributed by atoms with van der Waals surface area (Å²) in [7, 11) is 1.58. The molecule has 2 aromatic carbocycles. The number of aromatic nitrogens is 1. The van der Waals surface area contributed by atoms with Gasteiger partial charge in [-0.1, -0.05) is 29.4 Å². The van der Waals surface area contributed by atoms with Crippen molar-refractivity contribution in [3.8, 4) is 11.5 Å². The zero-order chi connectivity index (χ0) is 25.5. The number of carbonyl (C=O) groups excluding carboxylic acids is 2. The van der Waals surface area contributed by atoms with Crippen molar-refractivity contribution in [2.45, 2.75) is 33.3 Å². The third-order valence-corrected chi connectivity index (χ3v) is 6.38. The van der Waals surface area contributed by atoms with E-state index in [-0.39, 0.29) is 17.7 Å². The van der Waals surface area contributed by atoms with E-state index in [1.165, 1.54) is 0 Å². The van der Waals surface area contributed by atoms with Crippen molar-refractivity contribution in [1.29, 1.82) is 0 Å². The molecule has 0 bridgehead atoms. The van der Waals surface area contributed by atoms with E-state index in [2.05, 4.69) is 10.5 Å². The number of rotatable bonds is 8. The Morgan fingerprint density at radius 3 is 2.53 bits per heavy atom. The highest BCUT2D eigenvalue weighted by molar-refractivity contribution is 5.94. The molecule has 188 valence electrons. The number of aryl methyl sites for hydroxylation is 2. The number of carbonyl (C=O) groups is 2. The lowest BCUT2D eigenvalue weighted by Gasteiger charge is -2.30. The molecule has 4 rings (SSSR count). The molecule has 0 aliphatic carbocycles. The second-order valence-electron chi connectivity index (χ2n) is 8.79. The van der Waals surface area contributed by atoms with Crippen molar-refractivity contribution in [3.05, 3.63) is 77.2 Å². The van der Waals surface area contributed by atoms with Crippen LogP contribution in [0.3, 0.4) is 0 Å². The number of nitrogens with one attached hydrogen (secondary N) is 1. The molecular weight excluding hydrogens is 458 g/mol. The lowest BCUT2D eigenvalue weighted by Crippen LogP contribution is -2.40. The van der Waals surface area contributed by atoms with Crippen molar-refractivity contribution >= 4 is 23.6 Å². The van der Waals surface area contributed by atoms with Gasteiger partial charge >= 0.3 is 0 Å². The van der Waals surface area contributed by atoms with Crippen LogP contribution in [0.2, 0.25) is 0 Å². The average molecular weight is 490 g/mol. The first-order valence-electron chi connectivity index (χ1n) is 12.0. The zero-order valence-corrected chi connectivity index (χ0v) is 20.8. The van der Waals surface area contributed by atoms with Crippen molar-refractivity contribution in [1.82, 2.24) is 10.1 Å². The Hall–Kier alpha value is -4.07. The van der Waals surface area contributed by atoms with Gasteiger partial charge in [-0.3, -0.25) is 9.59 Å². The number of likely N-dealkylation sites (tertiary alicyclic amines) is 1. The molecule has 1 aliphatic rings. The van der Waals surface area contributed by atoms with Gasteiger partial charge in [0.05, 0.1) is 18.4 Å². The molecule has 0 radical (unpaired) electrons. The number of anilines is 1. The van der Waals surface area contributed by atoms with E-state index in [1.807, 2.05) is 62.4 Å². The summed E-state index contributed by atoms with van der Waals surface area (Å²) in [4.78, 5) is 27.0. The molecule has 3 aromatic rings. The lowest BCUT2D eigenvalue weighted by molar-refractivity contribution is -0.130. The van der Waals surface area contributed by atoms with Crippen LogP contribution in [-0.2, 0) is 16.2 Å². The van der Waals surface area contributed by atoms with E-state index >= 15 is 0 Å². The van der Waals surface area contributed by atoms with Crippen molar-refractivity contribution in [3.63, 3.8) is 0 Å². The van der Waals surface area contributed by atoms with Crippen LogP contribution in [0.1, 0.15) is 35.4 Å². The Balaban J connectivity index is 1.30. The Bertz CT molecular complexity index is 1210. The fourth-order valence-electron chi connectivity index (χ4n) is 4.17. The second kappa shape index (κ2) is 11.6. The number of nitrogens with zero attached hydrogens (tertiary/aromatic N) is 2. The maximum Gasteiger partial charge on any atom is 0.246 e. The molecule has 1 fully saturated rings. The Morgan fingerprint density at radius 2 is 1.86 bits per heavy atom. The number of hydrogen-bond acceptors (Lipinski definition) is 6. The highest BCUT2D eigenvalue weighted by atomic mass is 16.5. The minimum Gasteiger partial charge on any atom is -0.493 e. The molecular formula is C28H31N3O5. The molecule has 0 spiro atoms. The number of methoxy groups -OCH3 is 1. The molecule has 1 saturated heterocycles. The molecule has 1 N–H and O–H groups in total. The quantitative estimate of drug-likeness (QED) is 0.458. The standard InChI is InChI=1S/C28H31N3O5/c1-19-24(20(2)36-30-19)18-35-25-11-9-21(17-26(25)34-3)10-12-27(32)31-15-13-22(14-16-31)28(33)29-23-7-5-4-6-8-23/h4-12,17,22H,13-16,18H2,1-3H3,(H,29,33)/b12-10+. The van der Waals surface area contributed by atoms with Crippen LogP contribution in [0.25, 0.3) is 6.08 Å².